The van der Waals surface area contributed by atoms with E-state index in [1.54, 1.807) is 43.5 Å². The zero-order valence-electron chi connectivity index (χ0n) is 16.4. The van der Waals surface area contributed by atoms with Gasteiger partial charge in [-0.1, -0.05) is 29.8 Å². The summed E-state index contributed by atoms with van der Waals surface area (Å²) in [6, 6.07) is 18.3. The number of carbonyl (C=O) groups excluding carboxylic acids is 2. The number of carbonyl (C=O) groups is 2. The quantitative estimate of drug-likeness (QED) is 0.584. The van der Waals surface area contributed by atoms with E-state index in [1.165, 1.54) is 11.1 Å². The van der Waals surface area contributed by atoms with Crippen LogP contribution in [0, 0.1) is 6.92 Å². The van der Waals surface area contributed by atoms with Crippen molar-refractivity contribution in [1.82, 2.24) is 4.98 Å². The number of aryl methyl sites for hydroxylation is 1. The first kappa shape index (κ1) is 20.1. The molecule has 2 aromatic carbocycles. The molecule has 1 aromatic heterocycles. The van der Waals surface area contributed by atoms with Gasteiger partial charge in [0.25, 0.3) is 5.91 Å². The highest BCUT2D eigenvalue weighted by Crippen LogP contribution is 2.14. The third-order valence-corrected chi connectivity index (χ3v) is 4.27. The van der Waals surface area contributed by atoms with Crippen LogP contribution in [0.2, 0.25) is 0 Å². The number of aromatic nitrogens is 1. The predicted octanol–water partition coefficient (Wildman–Crippen LogP) is 4.43. The summed E-state index contributed by atoms with van der Waals surface area (Å²) in [5.74, 6) is -0.709. The van der Waals surface area contributed by atoms with Crippen molar-refractivity contribution >= 4 is 23.3 Å². The molecule has 0 aliphatic heterocycles. The number of hydrogen-bond acceptors (Lipinski definition) is 5. The van der Waals surface area contributed by atoms with Gasteiger partial charge in [-0.05, 0) is 55.8 Å². The standard InChI is InChI=1S/C23H23N3O3/c1-3-29-23(28)18-8-10-19(11-9-18)26-22(27)21-13-12-20(15-25-21)24-14-17-6-4-16(2)5-7-17/h4-13,15,24H,3,14H2,1-2H3,(H,26,27). The van der Waals surface area contributed by atoms with Gasteiger partial charge in [-0.25, -0.2) is 9.78 Å². The molecule has 0 unspecified atom stereocenters. The lowest BCUT2D eigenvalue weighted by Gasteiger charge is -2.08. The van der Waals surface area contributed by atoms with E-state index in [4.69, 9.17) is 4.74 Å². The highest BCUT2D eigenvalue weighted by atomic mass is 16.5. The summed E-state index contributed by atoms with van der Waals surface area (Å²) >= 11 is 0. The second-order valence-corrected chi connectivity index (χ2v) is 6.52. The van der Waals surface area contributed by atoms with Crippen LogP contribution in [0.15, 0.2) is 66.9 Å². The van der Waals surface area contributed by atoms with Crippen LogP contribution < -0.4 is 10.6 Å². The van der Waals surface area contributed by atoms with Gasteiger partial charge in [-0.2, -0.15) is 0 Å². The maximum absolute atomic E-state index is 12.4. The molecule has 0 radical (unpaired) electrons. The van der Waals surface area contributed by atoms with E-state index in [-0.39, 0.29) is 11.9 Å². The van der Waals surface area contributed by atoms with E-state index in [0.717, 1.165) is 5.69 Å². The van der Waals surface area contributed by atoms with E-state index in [0.29, 0.717) is 30.1 Å². The van der Waals surface area contributed by atoms with Crippen molar-refractivity contribution in [2.24, 2.45) is 0 Å². The second-order valence-electron chi connectivity index (χ2n) is 6.52. The molecule has 0 saturated heterocycles. The number of anilines is 2. The van der Waals surface area contributed by atoms with Gasteiger partial charge in [0.1, 0.15) is 5.69 Å². The number of nitrogens with zero attached hydrogens (tertiary/aromatic N) is 1. The summed E-state index contributed by atoms with van der Waals surface area (Å²) in [5, 5.41) is 6.05. The summed E-state index contributed by atoms with van der Waals surface area (Å²) in [7, 11) is 0. The molecular formula is C23H23N3O3. The average Bonchev–Trinajstić information content (AvgIpc) is 2.74. The number of ether oxygens (including phenoxy) is 1. The fourth-order valence-electron chi connectivity index (χ4n) is 2.64. The number of rotatable bonds is 7. The highest BCUT2D eigenvalue weighted by Gasteiger charge is 2.10. The topological polar surface area (TPSA) is 80.3 Å². The van der Waals surface area contributed by atoms with E-state index >= 15 is 0 Å². The normalized spacial score (nSPS) is 10.3. The molecule has 148 valence electrons. The van der Waals surface area contributed by atoms with Crippen molar-refractivity contribution in [3.8, 4) is 0 Å². The smallest absolute Gasteiger partial charge is 0.338 e. The van der Waals surface area contributed by atoms with E-state index < -0.39 is 0 Å². The van der Waals surface area contributed by atoms with Crippen LogP contribution in [0.5, 0.6) is 0 Å². The fraction of sp³-hybridized carbons (Fsp3) is 0.174. The molecule has 0 saturated carbocycles. The van der Waals surface area contributed by atoms with Crippen LogP contribution in [-0.2, 0) is 11.3 Å². The first-order chi connectivity index (χ1) is 14.0. The van der Waals surface area contributed by atoms with Gasteiger partial charge < -0.3 is 15.4 Å². The molecule has 6 nitrogen and oxygen atoms in total. The Balaban J connectivity index is 1.55. The minimum atomic E-state index is -0.388. The number of nitrogens with one attached hydrogen (secondary N) is 2. The average molecular weight is 389 g/mol. The Morgan fingerprint density at radius 3 is 2.24 bits per heavy atom. The van der Waals surface area contributed by atoms with Crippen molar-refractivity contribution < 1.29 is 14.3 Å². The molecule has 2 N–H and O–H groups in total. The molecule has 3 rings (SSSR count). The highest BCUT2D eigenvalue weighted by molar-refractivity contribution is 6.03. The van der Waals surface area contributed by atoms with Gasteiger partial charge in [0.2, 0.25) is 0 Å². The first-order valence-corrected chi connectivity index (χ1v) is 9.39. The molecule has 6 heteroatoms. The molecule has 29 heavy (non-hydrogen) atoms. The molecule has 3 aromatic rings. The van der Waals surface area contributed by atoms with Crippen LogP contribution >= 0.6 is 0 Å². The minimum Gasteiger partial charge on any atom is -0.462 e. The number of benzene rings is 2. The van der Waals surface area contributed by atoms with Crippen molar-refractivity contribution in [3.63, 3.8) is 0 Å². The van der Waals surface area contributed by atoms with Crippen molar-refractivity contribution in [3.05, 3.63) is 89.2 Å². The first-order valence-electron chi connectivity index (χ1n) is 9.39. The molecule has 0 aliphatic carbocycles. The fourth-order valence-corrected chi connectivity index (χ4v) is 2.64. The Kier molecular flexibility index (Phi) is 6.58. The maximum atomic E-state index is 12.4. The lowest BCUT2D eigenvalue weighted by Crippen LogP contribution is -2.14. The molecule has 0 aliphatic rings. The molecular weight excluding hydrogens is 366 g/mol. The van der Waals surface area contributed by atoms with Gasteiger partial charge in [-0.3, -0.25) is 4.79 Å². The van der Waals surface area contributed by atoms with E-state index in [1.807, 2.05) is 6.07 Å². The largest absolute Gasteiger partial charge is 0.462 e. The van der Waals surface area contributed by atoms with E-state index in [9.17, 15) is 9.59 Å². The Hall–Kier alpha value is -3.67. The Morgan fingerprint density at radius 2 is 1.62 bits per heavy atom. The SMILES string of the molecule is CCOC(=O)c1ccc(NC(=O)c2ccc(NCc3ccc(C)cc3)cn2)cc1. The van der Waals surface area contributed by atoms with Crippen molar-refractivity contribution in [2.75, 3.05) is 17.2 Å². The number of pyridine rings is 1. The number of amides is 1. The number of hydrogen-bond donors (Lipinski definition) is 2. The minimum absolute atomic E-state index is 0.306. The molecule has 0 fully saturated rings. The van der Waals surface area contributed by atoms with Crippen LogP contribution in [0.1, 0.15) is 38.9 Å². The van der Waals surface area contributed by atoms with Gasteiger partial charge in [0.15, 0.2) is 0 Å². The Bertz CT molecular complexity index is 966. The third-order valence-electron chi connectivity index (χ3n) is 4.27. The Morgan fingerprint density at radius 1 is 0.931 bits per heavy atom. The zero-order valence-corrected chi connectivity index (χ0v) is 16.4. The van der Waals surface area contributed by atoms with Crippen molar-refractivity contribution in [2.45, 2.75) is 20.4 Å². The van der Waals surface area contributed by atoms with Gasteiger partial charge >= 0.3 is 5.97 Å². The summed E-state index contributed by atoms with van der Waals surface area (Å²) in [5.41, 5.74) is 4.55. The Labute approximate surface area is 169 Å². The molecule has 1 heterocycles. The van der Waals surface area contributed by atoms with Crippen LogP contribution in [0.3, 0.4) is 0 Å². The number of esters is 1. The summed E-state index contributed by atoms with van der Waals surface area (Å²) < 4.78 is 4.94. The third kappa shape index (κ3) is 5.65. The summed E-state index contributed by atoms with van der Waals surface area (Å²) in [4.78, 5) is 28.3. The second kappa shape index (κ2) is 9.50. The lowest BCUT2D eigenvalue weighted by atomic mass is 10.1. The lowest BCUT2D eigenvalue weighted by molar-refractivity contribution is 0.0526. The van der Waals surface area contributed by atoms with Gasteiger partial charge in [0.05, 0.1) is 24.1 Å². The van der Waals surface area contributed by atoms with Crippen LogP contribution in [0.25, 0.3) is 0 Å². The molecule has 0 spiro atoms. The van der Waals surface area contributed by atoms with E-state index in [2.05, 4.69) is 46.8 Å². The molecule has 1 amide bonds. The molecule has 0 atom stereocenters. The van der Waals surface area contributed by atoms with Gasteiger partial charge in [0, 0.05) is 12.2 Å². The maximum Gasteiger partial charge on any atom is 0.338 e. The zero-order chi connectivity index (χ0) is 20.6. The molecule has 0 bridgehead atoms. The van der Waals surface area contributed by atoms with Gasteiger partial charge in [-0.15, -0.1) is 0 Å². The summed E-state index contributed by atoms with van der Waals surface area (Å²) in [6.45, 7) is 4.81. The monoisotopic (exact) mass is 389 g/mol. The summed E-state index contributed by atoms with van der Waals surface area (Å²) in [6.07, 6.45) is 1.63. The van der Waals surface area contributed by atoms with Crippen LogP contribution in [-0.4, -0.2) is 23.5 Å². The van der Waals surface area contributed by atoms with Crippen molar-refractivity contribution in [1.29, 1.82) is 0 Å². The predicted molar refractivity (Wildman–Crippen MR) is 113 cm³/mol. The van der Waals surface area contributed by atoms with Crippen LogP contribution in [0.4, 0.5) is 11.4 Å².